The highest BCUT2D eigenvalue weighted by atomic mass is 32.2. The lowest BCUT2D eigenvalue weighted by Gasteiger charge is -1.98. The third kappa shape index (κ3) is 17.4. The molecule has 0 atom stereocenters. The maximum absolute atomic E-state index is 10.5. The van der Waals surface area contributed by atoms with E-state index in [-0.39, 0.29) is 11.1 Å². The van der Waals surface area contributed by atoms with Crippen LogP contribution in [0.5, 0.6) is 0 Å². The maximum Gasteiger partial charge on any atom is 0.336 e. The second-order valence-electron chi connectivity index (χ2n) is 3.44. The van der Waals surface area contributed by atoms with Gasteiger partial charge in [-0.15, -0.1) is 24.9 Å². The van der Waals surface area contributed by atoms with E-state index in [1.54, 1.807) is 23.0 Å². The van der Waals surface area contributed by atoms with E-state index in [0.717, 1.165) is 0 Å². The highest BCUT2D eigenvalue weighted by Crippen LogP contribution is 2.07. The molecule has 0 aromatic heterocycles. The van der Waals surface area contributed by atoms with Gasteiger partial charge >= 0.3 is 11.9 Å². The molecule has 0 spiro atoms. The number of hydrogen-bond acceptors (Lipinski definition) is 3. The van der Waals surface area contributed by atoms with E-state index in [0.29, 0.717) is 0 Å². The molecule has 0 radical (unpaired) electrons. The van der Waals surface area contributed by atoms with Crippen LogP contribution in [0.4, 0.5) is 0 Å². The fourth-order valence-electron chi connectivity index (χ4n) is 0.924. The molecule has 126 valence electrons. The number of thioether (sulfide) groups is 1. The summed E-state index contributed by atoms with van der Waals surface area (Å²) in [5.74, 6) is -2.46. The molecule has 0 amide bonds. The van der Waals surface area contributed by atoms with Gasteiger partial charge in [0.2, 0.25) is 0 Å². The summed E-state index contributed by atoms with van der Waals surface area (Å²) in [6.07, 6.45) is 3.50. The van der Waals surface area contributed by atoms with Crippen LogP contribution >= 0.6 is 11.8 Å². The topological polar surface area (TPSA) is 74.6 Å². The molecular formula is C18H24O4S. The molecule has 4 nitrogen and oxygen atoms in total. The monoisotopic (exact) mass is 336 g/mol. The lowest BCUT2D eigenvalue weighted by atomic mass is 10.1. The van der Waals surface area contributed by atoms with Gasteiger partial charge < -0.3 is 10.2 Å². The Bertz CT molecular complexity index is 462. The van der Waals surface area contributed by atoms with Crippen LogP contribution in [-0.2, 0) is 0 Å². The summed E-state index contributed by atoms with van der Waals surface area (Å²) >= 11 is 1.49. The smallest absolute Gasteiger partial charge is 0.336 e. The van der Waals surface area contributed by atoms with Crippen LogP contribution < -0.4 is 0 Å². The van der Waals surface area contributed by atoms with Crippen molar-refractivity contribution in [3.8, 4) is 0 Å². The van der Waals surface area contributed by atoms with Crippen LogP contribution in [0.2, 0.25) is 0 Å². The number of hydrogen-bond donors (Lipinski definition) is 2. The lowest BCUT2D eigenvalue weighted by molar-refractivity contribution is 0.0651. The first-order valence-corrected chi connectivity index (χ1v) is 7.38. The van der Waals surface area contributed by atoms with E-state index in [1.165, 1.54) is 36.0 Å². The molecule has 0 unspecified atom stereocenters. The minimum absolute atomic E-state index is 0.190. The van der Waals surface area contributed by atoms with Gasteiger partial charge in [-0.3, -0.25) is 0 Å². The molecule has 1 aromatic rings. The summed E-state index contributed by atoms with van der Waals surface area (Å²) in [6.45, 7) is 17.4. The fraction of sp³-hybridized carbons (Fsp3) is 0.111. The number of rotatable bonds is 4. The average Bonchev–Trinajstić information content (AvgIpc) is 2.50. The van der Waals surface area contributed by atoms with Crippen molar-refractivity contribution in [2.24, 2.45) is 0 Å². The van der Waals surface area contributed by atoms with Gasteiger partial charge in [-0.2, -0.15) is 0 Å². The zero-order chi connectivity index (χ0) is 18.7. The standard InChI is InChI=1S/C8H6O4.C4H6S.2C3H6/c9-7(10)5-3-1-2-4-6(5)8(11)12;1-3-5-4-2;2*1-3-2/h1-4H,(H,9,10)(H,11,12);3-4H,1-2H2;2*3H,1H2,2H3. The molecule has 5 heteroatoms. The highest BCUT2D eigenvalue weighted by Gasteiger charge is 2.13. The summed E-state index contributed by atoms with van der Waals surface area (Å²) in [5, 5.41) is 20.6. The first-order valence-electron chi connectivity index (χ1n) is 6.44. The van der Waals surface area contributed by atoms with E-state index in [9.17, 15) is 9.59 Å². The SMILES string of the molecule is C=CC.C=CC.C=CSC=C.O=C(O)c1ccccc1C(=O)O. The van der Waals surface area contributed by atoms with Crippen LogP contribution in [0.25, 0.3) is 0 Å². The summed E-state index contributed by atoms with van der Waals surface area (Å²) < 4.78 is 0. The Morgan fingerprint density at radius 1 is 0.870 bits per heavy atom. The fourth-order valence-corrected chi connectivity index (χ4v) is 1.06. The van der Waals surface area contributed by atoms with Gasteiger partial charge in [-0.05, 0) is 36.8 Å². The van der Waals surface area contributed by atoms with Crippen molar-refractivity contribution in [2.75, 3.05) is 0 Å². The van der Waals surface area contributed by atoms with Gasteiger partial charge in [0.15, 0.2) is 0 Å². The Morgan fingerprint density at radius 2 is 1.13 bits per heavy atom. The van der Waals surface area contributed by atoms with E-state index in [4.69, 9.17) is 10.2 Å². The number of carboxylic acids is 2. The van der Waals surface area contributed by atoms with Crippen molar-refractivity contribution in [1.29, 1.82) is 0 Å². The van der Waals surface area contributed by atoms with Gasteiger partial charge in [-0.1, -0.05) is 37.4 Å². The number of benzene rings is 1. The molecular weight excluding hydrogens is 312 g/mol. The number of allylic oxidation sites excluding steroid dienone is 2. The van der Waals surface area contributed by atoms with Crippen molar-refractivity contribution in [3.63, 3.8) is 0 Å². The van der Waals surface area contributed by atoms with Crippen molar-refractivity contribution in [1.82, 2.24) is 0 Å². The second-order valence-corrected chi connectivity index (χ2v) is 4.38. The first-order chi connectivity index (χ1) is 10.9. The largest absolute Gasteiger partial charge is 0.478 e. The molecule has 0 saturated heterocycles. The molecule has 1 rings (SSSR count). The summed E-state index contributed by atoms with van der Waals surface area (Å²) in [4.78, 5) is 20.9. The molecule has 0 aliphatic carbocycles. The van der Waals surface area contributed by atoms with Gasteiger partial charge in [0.25, 0.3) is 0 Å². The predicted octanol–water partition coefficient (Wildman–Crippen LogP) is 5.47. The average molecular weight is 336 g/mol. The van der Waals surface area contributed by atoms with Crippen LogP contribution in [0.15, 0.2) is 73.5 Å². The van der Waals surface area contributed by atoms with Gasteiger partial charge in [0.1, 0.15) is 0 Å². The summed E-state index contributed by atoms with van der Waals surface area (Å²) in [5.41, 5.74) is -0.380. The van der Waals surface area contributed by atoms with Crippen molar-refractivity contribution in [3.05, 3.63) is 84.7 Å². The van der Waals surface area contributed by atoms with Gasteiger partial charge in [0.05, 0.1) is 11.1 Å². The molecule has 0 fully saturated rings. The Kier molecular flexibility index (Phi) is 21.5. The number of carbonyl (C=O) groups is 2. The minimum atomic E-state index is -1.23. The third-order valence-corrected chi connectivity index (χ3v) is 1.97. The predicted molar refractivity (Wildman–Crippen MR) is 100 cm³/mol. The zero-order valence-corrected chi connectivity index (χ0v) is 14.4. The van der Waals surface area contributed by atoms with E-state index < -0.39 is 11.9 Å². The number of carboxylic acid groups (broad SMARTS) is 2. The quantitative estimate of drug-likeness (QED) is 0.713. The number of aromatic carboxylic acids is 2. The maximum atomic E-state index is 10.5. The van der Waals surface area contributed by atoms with Crippen molar-refractivity contribution >= 4 is 23.7 Å². The Balaban J connectivity index is -0.000000303. The van der Waals surface area contributed by atoms with Crippen LogP contribution in [0, 0.1) is 0 Å². The van der Waals surface area contributed by atoms with E-state index in [2.05, 4.69) is 26.3 Å². The third-order valence-electron chi connectivity index (χ3n) is 1.58. The molecule has 1 aromatic carbocycles. The van der Waals surface area contributed by atoms with Gasteiger partial charge in [0, 0.05) is 0 Å². The zero-order valence-electron chi connectivity index (χ0n) is 13.6. The second kappa shape index (κ2) is 19.5. The highest BCUT2D eigenvalue weighted by molar-refractivity contribution is 8.04. The molecule has 0 heterocycles. The van der Waals surface area contributed by atoms with Gasteiger partial charge in [-0.25, -0.2) is 9.59 Å². The Hall–Kier alpha value is -2.53. The lowest BCUT2D eigenvalue weighted by Crippen LogP contribution is -2.06. The normalized spacial score (nSPS) is 7.39. The van der Waals surface area contributed by atoms with Crippen molar-refractivity contribution < 1.29 is 19.8 Å². The van der Waals surface area contributed by atoms with Crippen molar-refractivity contribution in [2.45, 2.75) is 13.8 Å². The molecule has 0 saturated carbocycles. The molecule has 23 heavy (non-hydrogen) atoms. The molecule has 2 N–H and O–H groups in total. The molecule has 0 aliphatic heterocycles. The van der Waals surface area contributed by atoms with E-state index >= 15 is 0 Å². The Labute approximate surface area is 142 Å². The van der Waals surface area contributed by atoms with Crippen LogP contribution in [0.1, 0.15) is 34.6 Å². The molecule has 0 aliphatic rings. The first kappa shape index (κ1) is 25.4. The van der Waals surface area contributed by atoms with Crippen LogP contribution in [-0.4, -0.2) is 22.2 Å². The summed E-state index contributed by atoms with van der Waals surface area (Å²) in [6, 6.07) is 5.48. The van der Waals surface area contributed by atoms with Crippen LogP contribution in [0.3, 0.4) is 0 Å². The Morgan fingerprint density at radius 3 is 1.26 bits per heavy atom. The minimum Gasteiger partial charge on any atom is -0.478 e. The molecule has 0 bridgehead atoms. The van der Waals surface area contributed by atoms with E-state index in [1.807, 2.05) is 13.8 Å². The summed E-state index contributed by atoms with van der Waals surface area (Å²) in [7, 11) is 0.